The smallest absolute Gasteiger partial charge is 0.130 e. The summed E-state index contributed by atoms with van der Waals surface area (Å²) in [7, 11) is 0. The number of ether oxygens (including phenoxy) is 1. The average Bonchev–Trinajstić information content (AvgIpc) is 2.33. The Morgan fingerprint density at radius 3 is 2.94 bits per heavy atom. The number of amidine groups is 1. The van der Waals surface area contributed by atoms with Crippen LogP contribution in [0.1, 0.15) is 5.56 Å². The Bertz CT molecular complexity index is 453. The highest BCUT2D eigenvalue weighted by Crippen LogP contribution is 2.14. The second kappa shape index (κ2) is 5.41. The van der Waals surface area contributed by atoms with Gasteiger partial charge < -0.3 is 10.5 Å². The summed E-state index contributed by atoms with van der Waals surface area (Å²) < 4.78 is 31.6. The first-order valence-corrected chi connectivity index (χ1v) is 5.68. The van der Waals surface area contributed by atoms with Crippen LogP contribution in [0.25, 0.3) is 0 Å². The van der Waals surface area contributed by atoms with E-state index in [2.05, 4.69) is 0 Å². The predicted octanol–water partition coefficient (Wildman–Crippen LogP) is 1.10. The van der Waals surface area contributed by atoms with Gasteiger partial charge in [-0.15, -0.1) is 0 Å². The third-order valence-electron chi connectivity index (χ3n) is 2.91. The Morgan fingerprint density at radius 2 is 2.28 bits per heavy atom. The average molecular weight is 255 g/mol. The van der Waals surface area contributed by atoms with Crippen LogP contribution in [-0.2, 0) is 11.3 Å². The number of rotatable bonds is 3. The highest BCUT2D eigenvalue weighted by Gasteiger charge is 2.23. The van der Waals surface area contributed by atoms with Gasteiger partial charge in [-0.25, -0.2) is 8.78 Å². The lowest BCUT2D eigenvalue weighted by atomic mass is 10.1. The molecule has 0 amide bonds. The Labute approximate surface area is 104 Å². The standard InChI is InChI=1S/C12H15F2N3O/c13-9-2-1-8(10(14)5-9)6-17-3-4-18-11(7-17)12(15)16/h1-2,5,11H,3-4,6-7H2,(H3,15,16). The van der Waals surface area contributed by atoms with Gasteiger partial charge in [0.25, 0.3) is 0 Å². The van der Waals surface area contributed by atoms with E-state index in [0.717, 1.165) is 6.07 Å². The van der Waals surface area contributed by atoms with E-state index in [9.17, 15) is 8.78 Å². The topological polar surface area (TPSA) is 62.3 Å². The van der Waals surface area contributed by atoms with Crippen molar-refractivity contribution in [2.45, 2.75) is 12.6 Å². The lowest BCUT2D eigenvalue weighted by molar-refractivity contribution is 0.00199. The van der Waals surface area contributed by atoms with Crippen molar-refractivity contribution in [1.29, 1.82) is 5.41 Å². The largest absolute Gasteiger partial charge is 0.385 e. The highest BCUT2D eigenvalue weighted by atomic mass is 19.1. The summed E-state index contributed by atoms with van der Waals surface area (Å²) in [6.07, 6.45) is -0.442. The number of nitrogens with one attached hydrogen (secondary N) is 1. The van der Waals surface area contributed by atoms with E-state index in [-0.39, 0.29) is 5.84 Å². The maximum atomic E-state index is 13.5. The molecule has 1 heterocycles. The van der Waals surface area contributed by atoms with E-state index < -0.39 is 17.7 Å². The first-order valence-electron chi connectivity index (χ1n) is 5.68. The van der Waals surface area contributed by atoms with Crippen LogP contribution in [0.2, 0.25) is 0 Å². The van der Waals surface area contributed by atoms with Gasteiger partial charge in [-0.1, -0.05) is 6.07 Å². The molecular weight excluding hydrogens is 240 g/mol. The number of halogens is 2. The fourth-order valence-corrected chi connectivity index (χ4v) is 1.93. The molecule has 0 spiro atoms. The third kappa shape index (κ3) is 3.02. The van der Waals surface area contributed by atoms with Crippen molar-refractivity contribution in [3.8, 4) is 0 Å². The first-order chi connectivity index (χ1) is 8.56. The molecule has 1 aliphatic rings. The van der Waals surface area contributed by atoms with E-state index in [1.807, 2.05) is 4.90 Å². The summed E-state index contributed by atoms with van der Waals surface area (Å²) in [5, 5.41) is 7.33. The van der Waals surface area contributed by atoms with Crippen LogP contribution in [0.4, 0.5) is 8.78 Å². The van der Waals surface area contributed by atoms with Crippen molar-refractivity contribution in [2.24, 2.45) is 5.73 Å². The highest BCUT2D eigenvalue weighted by molar-refractivity contribution is 5.82. The zero-order valence-electron chi connectivity index (χ0n) is 9.83. The number of nitrogens with zero attached hydrogens (tertiary/aromatic N) is 1. The van der Waals surface area contributed by atoms with Crippen molar-refractivity contribution < 1.29 is 13.5 Å². The molecule has 98 valence electrons. The number of morpholine rings is 1. The Morgan fingerprint density at radius 1 is 1.50 bits per heavy atom. The van der Waals surface area contributed by atoms with Crippen molar-refractivity contribution >= 4 is 5.84 Å². The second-order valence-electron chi connectivity index (χ2n) is 4.29. The summed E-state index contributed by atoms with van der Waals surface area (Å²) in [4.78, 5) is 1.94. The quantitative estimate of drug-likeness (QED) is 0.628. The van der Waals surface area contributed by atoms with E-state index in [1.165, 1.54) is 12.1 Å². The lowest BCUT2D eigenvalue weighted by Gasteiger charge is -2.32. The van der Waals surface area contributed by atoms with Crippen molar-refractivity contribution in [3.63, 3.8) is 0 Å². The number of nitrogens with two attached hydrogens (primary N) is 1. The van der Waals surface area contributed by atoms with Crippen LogP contribution in [0, 0.1) is 17.0 Å². The molecule has 1 aromatic carbocycles. The van der Waals surface area contributed by atoms with Gasteiger partial charge in [0.1, 0.15) is 23.6 Å². The van der Waals surface area contributed by atoms with Gasteiger partial charge in [0.05, 0.1) is 6.61 Å². The van der Waals surface area contributed by atoms with Gasteiger partial charge in [-0.2, -0.15) is 0 Å². The minimum absolute atomic E-state index is 0.0284. The van der Waals surface area contributed by atoms with Crippen LogP contribution in [0.3, 0.4) is 0 Å². The SMILES string of the molecule is N=C(N)C1CN(Cc2ccc(F)cc2F)CCO1. The maximum Gasteiger partial charge on any atom is 0.130 e. The summed E-state index contributed by atoms with van der Waals surface area (Å²) in [6.45, 7) is 1.90. The van der Waals surface area contributed by atoms with Crippen LogP contribution in [0.5, 0.6) is 0 Å². The molecule has 0 saturated carbocycles. The monoisotopic (exact) mass is 255 g/mol. The summed E-state index contributed by atoms with van der Waals surface area (Å²) in [6, 6.07) is 3.54. The van der Waals surface area contributed by atoms with Gasteiger partial charge >= 0.3 is 0 Å². The van der Waals surface area contributed by atoms with E-state index >= 15 is 0 Å². The number of benzene rings is 1. The van der Waals surface area contributed by atoms with Crippen LogP contribution < -0.4 is 5.73 Å². The van der Waals surface area contributed by atoms with Crippen molar-refractivity contribution in [1.82, 2.24) is 4.90 Å². The molecule has 1 unspecified atom stereocenters. The summed E-state index contributed by atoms with van der Waals surface area (Å²) in [5.74, 6) is -1.17. The predicted molar refractivity (Wildman–Crippen MR) is 63.3 cm³/mol. The fraction of sp³-hybridized carbons (Fsp3) is 0.417. The van der Waals surface area contributed by atoms with Crippen LogP contribution in [-0.4, -0.2) is 36.5 Å². The lowest BCUT2D eigenvalue weighted by Crippen LogP contribution is -2.47. The molecule has 1 fully saturated rings. The summed E-state index contributed by atoms with van der Waals surface area (Å²) in [5.41, 5.74) is 5.81. The number of hydrogen-bond acceptors (Lipinski definition) is 3. The molecule has 1 saturated heterocycles. The molecule has 4 nitrogen and oxygen atoms in total. The van der Waals surface area contributed by atoms with Crippen molar-refractivity contribution in [3.05, 3.63) is 35.4 Å². The van der Waals surface area contributed by atoms with Gasteiger partial charge in [0.2, 0.25) is 0 Å². The molecule has 3 N–H and O–H groups in total. The van der Waals surface area contributed by atoms with Gasteiger partial charge in [0, 0.05) is 31.3 Å². The molecule has 0 aromatic heterocycles. The molecule has 0 aliphatic carbocycles. The van der Waals surface area contributed by atoms with Crippen LogP contribution >= 0.6 is 0 Å². The van der Waals surface area contributed by atoms with Gasteiger partial charge in [0.15, 0.2) is 0 Å². The Hall–Kier alpha value is -1.53. The molecule has 0 radical (unpaired) electrons. The Kier molecular flexibility index (Phi) is 3.88. The van der Waals surface area contributed by atoms with E-state index in [1.54, 1.807) is 0 Å². The molecular formula is C12H15F2N3O. The minimum Gasteiger partial charge on any atom is -0.385 e. The molecule has 2 rings (SSSR count). The molecule has 0 bridgehead atoms. The zero-order valence-corrected chi connectivity index (χ0v) is 9.83. The molecule has 18 heavy (non-hydrogen) atoms. The normalized spacial score (nSPS) is 20.9. The fourth-order valence-electron chi connectivity index (χ4n) is 1.93. The zero-order chi connectivity index (χ0) is 13.1. The molecule has 1 atom stereocenters. The molecule has 1 aliphatic heterocycles. The second-order valence-corrected chi connectivity index (χ2v) is 4.29. The molecule has 1 aromatic rings. The van der Waals surface area contributed by atoms with E-state index in [4.69, 9.17) is 15.9 Å². The van der Waals surface area contributed by atoms with E-state index in [0.29, 0.717) is 31.8 Å². The minimum atomic E-state index is -0.583. The molecule has 6 heteroatoms. The van der Waals surface area contributed by atoms with Gasteiger partial charge in [-0.3, -0.25) is 10.3 Å². The van der Waals surface area contributed by atoms with Crippen LogP contribution in [0.15, 0.2) is 18.2 Å². The van der Waals surface area contributed by atoms with Crippen molar-refractivity contribution in [2.75, 3.05) is 19.7 Å². The number of hydrogen-bond donors (Lipinski definition) is 2. The Balaban J connectivity index is 2.02. The summed E-state index contributed by atoms with van der Waals surface area (Å²) >= 11 is 0. The first kappa shape index (κ1) is 12.9. The van der Waals surface area contributed by atoms with Gasteiger partial charge in [-0.05, 0) is 6.07 Å². The maximum absolute atomic E-state index is 13.5. The third-order valence-corrected chi connectivity index (χ3v) is 2.91.